The number of rotatable bonds is 5. The number of H-pyrrole nitrogens is 1. The van der Waals surface area contributed by atoms with Crippen LogP contribution in [0.1, 0.15) is 24.4 Å². The van der Waals surface area contributed by atoms with Gasteiger partial charge in [-0.15, -0.1) is 0 Å². The van der Waals surface area contributed by atoms with E-state index in [9.17, 15) is 4.79 Å². The maximum atomic E-state index is 12.6. The van der Waals surface area contributed by atoms with Crippen LogP contribution in [-0.2, 0) is 15.9 Å². The fourth-order valence-corrected chi connectivity index (χ4v) is 5.22. The third kappa shape index (κ3) is 4.44. The number of hydrogen-bond donors (Lipinski definition) is 1. The summed E-state index contributed by atoms with van der Waals surface area (Å²) < 4.78 is 14.1. The van der Waals surface area contributed by atoms with Gasteiger partial charge in [0, 0.05) is 37.1 Å². The second kappa shape index (κ2) is 8.79. The van der Waals surface area contributed by atoms with Crippen LogP contribution in [0.15, 0.2) is 53.3 Å². The van der Waals surface area contributed by atoms with E-state index in [0.717, 1.165) is 49.9 Å². The number of nitrogens with zero attached hydrogens (tertiary/aromatic N) is 2. The Bertz CT molecular complexity index is 1080. The number of imidazole rings is 1. The van der Waals surface area contributed by atoms with Gasteiger partial charge in [0.15, 0.2) is 0 Å². The maximum Gasteiger partial charge on any atom is 0.326 e. The molecule has 0 saturated carbocycles. The number of likely N-dealkylation sites (tertiary alicyclic amines) is 1. The number of fused-ring (bicyclic) bond motifs is 1. The lowest BCUT2D eigenvalue weighted by Gasteiger charge is -2.43. The monoisotopic (exact) mass is 441 g/mol. The molecule has 3 aromatic rings. The molecule has 2 aliphatic rings. The molecule has 164 valence electrons. The lowest BCUT2D eigenvalue weighted by molar-refractivity contribution is -0.167. The Balaban J connectivity index is 1.29. The van der Waals surface area contributed by atoms with Crippen molar-refractivity contribution >= 4 is 22.6 Å². The van der Waals surface area contributed by atoms with Crippen LogP contribution in [0.2, 0.25) is 5.02 Å². The number of aromatic nitrogens is 2. The van der Waals surface area contributed by atoms with Crippen LogP contribution in [0.5, 0.6) is 0 Å². The SMILES string of the molecule is O=c1[nH]c2cc(Cl)ccc2n1C1CCN(CC2(Cc3ccccc3)COCCO2)CC1. The number of benzene rings is 2. The molecule has 1 unspecified atom stereocenters. The van der Waals surface area contributed by atoms with Gasteiger partial charge in [-0.3, -0.25) is 4.57 Å². The van der Waals surface area contributed by atoms with E-state index in [1.54, 1.807) is 0 Å². The van der Waals surface area contributed by atoms with Crippen molar-refractivity contribution in [2.45, 2.75) is 30.9 Å². The van der Waals surface area contributed by atoms with E-state index < -0.39 is 0 Å². The molecule has 3 heterocycles. The van der Waals surface area contributed by atoms with Crippen molar-refractivity contribution in [3.8, 4) is 0 Å². The minimum absolute atomic E-state index is 0.0553. The van der Waals surface area contributed by atoms with Gasteiger partial charge in [0.2, 0.25) is 0 Å². The van der Waals surface area contributed by atoms with Crippen molar-refractivity contribution in [1.29, 1.82) is 0 Å². The summed E-state index contributed by atoms with van der Waals surface area (Å²) >= 11 is 6.09. The van der Waals surface area contributed by atoms with Gasteiger partial charge in [0.25, 0.3) is 0 Å². The molecule has 7 heteroatoms. The molecule has 1 atom stereocenters. The maximum absolute atomic E-state index is 12.6. The van der Waals surface area contributed by atoms with Crippen molar-refractivity contribution in [2.24, 2.45) is 0 Å². The predicted molar refractivity (Wildman–Crippen MR) is 122 cm³/mol. The molecule has 31 heavy (non-hydrogen) atoms. The zero-order chi connectivity index (χ0) is 21.3. The molecule has 6 nitrogen and oxygen atoms in total. The zero-order valence-corrected chi connectivity index (χ0v) is 18.3. The normalized spacial score (nSPS) is 23.4. The zero-order valence-electron chi connectivity index (χ0n) is 17.6. The highest BCUT2D eigenvalue weighted by Crippen LogP contribution is 2.29. The topological polar surface area (TPSA) is 59.5 Å². The summed E-state index contributed by atoms with van der Waals surface area (Å²) in [5.41, 5.74) is 2.62. The van der Waals surface area contributed by atoms with Crippen molar-refractivity contribution in [1.82, 2.24) is 14.5 Å². The van der Waals surface area contributed by atoms with Gasteiger partial charge in [-0.2, -0.15) is 0 Å². The number of ether oxygens (including phenoxy) is 2. The smallest absolute Gasteiger partial charge is 0.326 e. The minimum atomic E-state index is -0.319. The van der Waals surface area contributed by atoms with E-state index in [1.807, 2.05) is 28.8 Å². The Hall–Kier alpha value is -2.12. The highest BCUT2D eigenvalue weighted by molar-refractivity contribution is 6.31. The summed E-state index contributed by atoms with van der Waals surface area (Å²) in [6.45, 7) is 4.61. The molecule has 0 radical (unpaired) electrons. The summed E-state index contributed by atoms with van der Waals surface area (Å²) in [6.07, 6.45) is 2.70. The van der Waals surface area contributed by atoms with Gasteiger partial charge in [-0.25, -0.2) is 4.79 Å². The Labute approximate surface area is 186 Å². The van der Waals surface area contributed by atoms with Crippen molar-refractivity contribution in [3.05, 3.63) is 69.6 Å². The Kier molecular flexibility index (Phi) is 5.89. The van der Waals surface area contributed by atoms with Crippen LogP contribution >= 0.6 is 11.6 Å². The van der Waals surface area contributed by atoms with Gasteiger partial charge in [-0.05, 0) is 36.6 Å². The summed E-state index contributed by atoms with van der Waals surface area (Å²) in [4.78, 5) is 18.0. The number of piperidine rings is 1. The van der Waals surface area contributed by atoms with Crippen molar-refractivity contribution in [3.63, 3.8) is 0 Å². The molecule has 0 aliphatic carbocycles. The van der Waals surface area contributed by atoms with E-state index >= 15 is 0 Å². The number of nitrogens with one attached hydrogen (secondary N) is 1. The van der Waals surface area contributed by atoms with Crippen LogP contribution in [0.25, 0.3) is 11.0 Å². The summed E-state index contributed by atoms with van der Waals surface area (Å²) in [7, 11) is 0. The highest BCUT2D eigenvalue weighted by Gasteiger charge is 2.37. The molecule has 1 N–H and O–H groups in total. The molecule has 2 saturated heterocycles. The fraction of sp³-hybridized carbons (Fsp3) is 0.458. The molecule has 0 spiro atoms. The fourth-order valence-electron chi connectivity index (χ4n) is 5.04. The molecular formula is C24H28ClN3O3. The third-order valence-corrected chi connectivity index (χ3v) is 6.72. The Morgan fingerprint density at radius 2 is 1.90 bits per heavy atom. The van der Waals surface area contributed by atoms with Gasteiger partial charge in [-0.1, -0.05) is 41.9 Å². The molecule has 0 amide bonds. The highest BCUT2D eigenvalue weighted by atomic mass is 35.5. The van der Waals surface area contributed by atoms with Crippen LogP contribution in [0, 0.1) is 0 Å². The van der Waals surface area contributed by atoms with Crippen LogP contribution in [0.4, 0.5) is 0 Å². The lowest BCUT2D eigenvalue weighted by Crippen LogP contribution is -2.54. The molecule has 2 fully saturated rings. The standard InChI is InChI=1S/C24H28ClN3O3/c25-19-6-7-22-21(14-19)26-23(29)28(22)20-8-10-27(11-9-20)16-24(17-30-12-13-31-24)15-18-4-2-1-3-5-18/h1-7,14,20H,8-13,15-17H2,(H,26,29). The van der Waals surface area contributed by atoms with Gasteiger partial charge >= 0.3 is 5.69 Å². The average Bonchev–Trinajstić information content (AvgIpc) is 3.10. The summed E-state index contributed by atoms with van der Waals surface area (Å²) in [5.74, 6) is 0. The molecular weight excluding hydrogens is 414 g/mol. The first-order valence-corrected chi connectivity index (χ1v) is 11.4. The number of halogens is 1. The molecule has 2 aliphatic heterocycles. The second-order valence-electron chi connectivity index (χ2n) is 8.72. The van der Waals surface area contributed by atoms with Crippen molar-refractivity contribution < 1.29 is 9.47 Å². The van der Waals surface area contributed by atoms with E-state index in [4.69, 9.17) is 21.1 Å². The van der Waals surface area contributed by atoms with Crippen molar-refractivity contribution in [2.75, 3.05) is 39.5 Å². The van der Waals surface area contributed by atoms with Crippen LogP contribution in [-0.4, -0.2) is 59.5 Å². The van der Waals surface area contributed by atoms with Gasteiger partial charge in [0.1, 0.15) is 5.60 Å². The minimum Gasteiger partial charge on any atom is -0.376 e. The third-order valence-electron chi connectivity index (χ3n) is 6.48. The van der Waals surface area contributed by atoms with E-state index in [0.29, 0.717) is 24.8 Å². The van der Waals surface area contributed by atoms with Gasteiger partial charge < -0.3 is 19.4 Å². The molecule has 0 bridgehead atoms. The van der Waals surface area contributed by atoms with Crippen LogP contribution in [0.3, 0.4) is 0 Å². The lowest BCUT2D eigenvalue weighted by atomic mass is 9.92. The molecule has 2 aromatic carbocycles. The first-order valence-electron chi connectivity index (χ1n) is 11.0. The van der Waals surface area contributed by atoms with E-state index in [-0.39, 0.29) is 17.3 Å². The van der Waals surface area contributed by atoms with Crippen LogP contribution < -0.4 is 5.69 Å². The van der Waals surface area contributed by atoms with E-state index in [2.05, 4.69) is 34.1 Å². The van der Waals surface area contributed by atoms with E-state index in [1.165, 1.54) is 5.56 Å². The number of aromatic amines is 1. The molecule has 1 aromatic heterocycles. The average molecular weight is 442 g/mol. The second-order valence-corrected chi connectivity index (χ2v) is 9.15. The largest absolute Gasteiger partial charge is 0.376 e. The summed E-state index contributed by atoms with van der Waals surface area (Å²) in [5, 5.41) is 0.633. The number of hydrogen-bond acceptors (Lipinski definition) is 4. The quantitative estimate of drug-likeness (QED) is 0.656. The summed E-state index contributed by atoms with van der Waals surface area (Å²) in [6, 6.07) is 16.3. The first kappa shape index (κ1) is 20.8. The predicted octanol–water partition coefficient (Wildman–Crippen LogP) is 3.65. The first-order chi connectivity index (χ1) is 15.1. The molecule has 5 rings (SSSR count). The Morgan fingerprint density at radius 3 is 2.65 bits per heavy atom. The Morgan fingerprint density at radius 1 is 1.10 bits per heavy atom. The van der Waals surface area contributed by atoms with Gasteiger partial charge in [0.05, 0.1) is 30.9 Å².